The smallest absolute Gasteiger partial charge is 0.141 e. The Hall–Kier alpha value is -1.62. The lowest BCUT2D eigenvalue weighted by Gasteiger charge is -2.34. The number of aliphatic hydroxyl groups excluding tert-OH is 1. The molecule has 0 radical (unpaired) electrons. The molecule has 1 aliphatic rings. The number of hydrogen-bond donors (Lipinski definition) is 3. The highest BCUT2D eigenvalue weighted by Crippen LogP contribution is 2.28. The van der Waals surface area contributed by atoms with Crippen LogP contribution in [0, 0.1) is 11.3 Å². The van der Waals surface area contributed by atoms with E-state index in [9.17, 15) is 5.11 Å². The molecule has 0 bridgehead atoms. The van der Waals surface area contributed by atoms with Gasteiger partial charge in [-0.05, 0) is 30.9 Å². The first-order valence-electron chi connectivity index (χ1n) is 5.77. The average Bonchev–Trinajstić information content (AvgIpc) is 2.27. The molecule has 0 aliphatic heterocycles. The van der Waals surface area contributed by atoms with Gasteiger partial charge >= 0.3 is 0 Å². The van der Waals surface area contributed by atoms with Gasteiger partial charge in [0.15, 0.2) is 0 Å². The zero-order valence-corrected chi connectivity index (χ0v) is 9.93. The Kier molecular flexibility index (Phi) is 3.28. The molecule has 0 aromatic carbocycles. The van der Waals surface area contributed by atoms with Gasteiger partial charge in [0, 0.05) is 13.6 Å². The van der Waals surface area contributed by atoms with Crippen molar-refractivity contribution in [2.24, 2.45) is 11.7 Å². The molecule has 4 N–H and O–H groups in total. The summed E-state index contributed by atoms with van der Waals surface area (Å²) < 4.78 is 0. The van der Waals surface area contributed by atoms with Crippen LogP contribution in [0.5, 0.6) is 0 Å². The molecule has 1 aromatic rings. The monoisotopic (exact) mass is 234 g/mol. The quantitative estimate of drug-likeness (QED) is 0.525. The molecule has 1 aliphatic carbocycles. The molecular formula is C12H18N4O. The van der Waals surface area contributed by atoms with E-state index in [2.05, 4.69) is 4.98 Å². The second-order valence-electron chi connectivity index (χ2n) is 4.67. The van der Waals surface area contributed by atoms with E-state index in [4.69, 9.17) is 11.1 Å². The van der Waals surface area contributed by atoms with Gasteiger partial charge in [-0.3, -0.25) is 5.41 Å². The van der Waals surface area contributed by atoms with Crippen LogP contribution in [-0.2, 0) is 0 Å². The molecule has 5 heteroatoms. The molecule has 0 atom stereocenters. The molecule has 17 heavy (non-hydrogen) atoms. The van der Waals surface area contributed by atoms with Gasteiger partial charge in [0.25, 0.3) is 0 Å². The van der Waals surface area contributed by atoms with Gasteiger partial charge in [-0.25, -0.2) is 4.98 Å². The van der Waals surface area contributed by atoms with Crippen LogP contribution in [-0.4, -0.2) is 35.6 Å². The van der Waals surface area contributed by atoms with E-state index in [0.717, 1.165) is 25.2 Å². The SMILES string of the molecule is CN(CC1CC(O)C1)c1cccc(C(=N)N)n1. The van der Waals surface area contributed by atoms with Crippen LogP contribution in [0.2, 0.25) is 0 Å². The number of anilines is 1. The molecular weight excluding hydrogens is 216 g/mol. The number of nitrogens with zero attached hydrogens (tertiary/aromatic N) is 2. The molecule has 0 spiro atoms. The third kappa shape index (κ3) is 2.74. The summed E-state index contributed by atoms with van der Waals surface area (Å²) in [6, 6.07) is 5.49. The topological polar surface area (TPSA) is 86.2 Å². The van der Waals surface area contributed by atoms with E-state index in [0.29, 0.717) is 11.6 Å². The Morgan fingerprint density at radius 1 is 1.59 bits per heavy atom. The molecule has 2 rings (SSSR count). The fourth-order valence-electron chi connectivity index (χ4n) is 2.12. The largest absolute Gasteiger partial charge is 0.393 e. The van der Waals surface area contributed by atoms with Crippen molar-refractivity contribution in [3.63, 3.8) is 0 Å². The van der Waals surface area contributed by atoms with E-state index in [-0.39, 0.29) is 11.9 Å². The van der Waals surface area contributed by atoms with Crippen molar-refractivity contribution in [2.75, 3.05) is 18.5 Å². The van der Waals surface area contributed by atoms with Crippen molar-refractivity contribution in [1.82, 2.24) is 4.98 Å². The minimum atomic E-state index is -0.120. The van der Waals surface area contributed by atoms with Gasteiger partial charge < -0.3 is 15.7 Å². The standard InChI is InChI=1S/C12H18N4O/c1-16(7-8-5-9(17)6-8)11-4-2-3-10(15-11)12(13)14/h2-4,8-9,17H,5-7H2,1H3,(H3,13,14). The molecule has 1 fully saturated rings. The molecule has 1 saturated carbocycles. The van der Waals surface area contributed by atoms with Gasteiger partial charge in [0.05, 0.1) is 6.10 Å². The molecule has 92 valence electrons. The summed E-state index contributed by atoms with van der Waals surface area (Å²) in [6.07, 6.45) is 1.62. The van der Waals surface area contributed by atoms with Crippen molar-refractivity contribution in [2.45, 2.75) is 18.9 Å². The second-order valence-corrected chi connectivity index (χ2v) is 4.67. The number of hydrogen-bond acceptors (Lipinski definition) is 4. The predicted octanol–water partition coefficient (Wildman–Crippen LogP) is 0.573. The molecule has 5 nitrogen and oxygen atoms in total. The summed E-state index contributed by atoms with van der Waals surface area (Å²) in [5.41, 5.74) is 5.91. The van der Waals surface area contributed by atoms with E-state index in [1.807, 2.05) is 24.1 Å². The van der Waals surface area contributed by atoms with Crippen molar-refractivity contribution in [3.8, 4) is 0 Å². The zero-order valence-electron chi connectivity index (χ0n) is 9.93. The third-order valence-electron chi connectivity index (χ3n) is 3.14. The Bertz CT molecular complexity index is 415. The minimum absolute atomic E-state index is 0.0145. The number of aliphatic hydroxyl groups is 1. The molecule has 1 aromatic heterocycles. The highest BCUT2D eigenvalue weighted by atomic mass is 16.3. The lowest BCUT2D eigenvalue weighted by atomic mass is 9.82. The predicted molar refractivity (Wildman–Crippen MR) is 67.3 cm³/mol. The number of nitrogens with one attached hydrogen (secondary N) is 1. The van der Waals surface area contributed by atoms with E-state index in [1.54, 1.807) is 6.07 Å². The first kappa shape index (κ1) is 11.9. The van der Waals surface area contributed by atoms with Crippen molar-refractivity contribution >= 4 is 11.7 Å². The van der Waals surface area contributed by atoms with E-state index >= 15 is 0 Å². The molecule has 0 unspecified atom stereocenters. The van der Waals surface area contributed by atoms with E-state index < -0.39 is 0 Å². The van der Waals surface area contributed by atoms with Crippen LogP contribution in [0.4, 0.5) is 5.82 Å². The number of rotatable bonds is 4. The first-order valence-corrected chi connectivity index (χ1v) is 5.77. The Labute approximate surface area is 101 Å². The third-order valence-corrected chi connectivity index (χ3v) is 3.14. The average molecular weight is 234 g/mol. The van der Waals surface area contributed by atoms with Gasteiger partial charge in [-0.1, -0.05) is 6.07 Å². The van der Waals surface area contributed by atoms with Crippen molar-refractivity contribution in [1.29, 1.82) is 5.41 Å². The van der Waals surface area contributed by atoms with Gasteiger partial charge in [-0.2, -0.15) is 0 Å². The Morgan fingerprint density at radius 2 is 2.29 bits per heavy atom. The van der Waals surface area contributed by atoms with Crippen molar-refractivity contribution in [3.05, 3.63) is 23.9 Å². The van der Waals surface area contributed by atoms with Crippen LogP contribution >= 0.6 is 0 Å². The summed E-state index contributed by atoms with van der Waals surface area (Å²) in [6.45, 7) is 0.880. The maximum Gasteiger partial charge on any atom is 0.141 e. The maximum atomic E-state index is 9.24. The van der Waals surface area contributed by atoms with Gasteiger partial charge in [0.2, 0.25) is 0 Å². The van der Waals surface area contributed by atoms with Gasteiger partial charge in [0.1, 0.15) is 17.3 Å². The number of nitrogen functional groups attached to an aromatic ring is 1. The number of aromatic nitrogens is 1. The molecule has 0 saturated heterocycles. The number of amidine groups is 1. The summed E-state index contributed by atoms with van der Waals surface area (Å²) >= 11 is 0. The molecule has 0 amide bonds. The van der Waals surface area contributed by atoms with Crippen molar-refractivity contribution < 1.29 is 5.11 Å². The fraction of sp³-hybridized carbons (Fsp3) is 0.500. The maximum absolute atomic E-state index is 9.24. The fourth-order valence-corrected chi connectivity index (χ4v) is 2.12. The highest BCUT2D eigenvalue weighted by Gasteiger charge is 2.28. The summed E-state index contributed by atoms with van der Waals surface area (Å²) in [7, 11) is 1.97. The zero-order chi connectivity index (χ0) is 12.4. The van der Waals surface area contributed by atoms with Gasteiger partial charge in [-0.15, -0.1) is 0 Å². The number of pyridine rings is 1. The first-order chi connectivity index (χ1) is 8.06. The normalized spacial score (nSPS) is 22.9. The van der Waals surface area contributed by atoms with Crippen LogP contribution in [0.3, 0.4) is 0 Å². The Morgan fingerprint density at radius 3 is 2.88 bits per heavy atom. The lowest BCUT2D eigenvalue weighted by molar-refractivity contribution is 0.0464. The minimum Gasteiger partial charge on any atom is -0.393 e. The highest BCUT2D eigenvalue weighted by molar-refractivity contribution is 5.93. The summed E-state index contributed by atoms with van der Waals surface area (Å²) in [4.78, 5) is 6.36. The summed E-state index contributed by atoms with van der Waals surface area (Å²) in [5, 5.41) is 16.6. The van der Waals surface area contributed by atoms with Crippen LogP contribution < -0.4 is 10.6 Å². The van der Waals surface area contributed by atoms with Crippen LogP contribution in [0.25, 0.3) is 0 Å². The number of nitrogens with two attached hydrogens (primary N) is 1. The summed E-state index contributed by atoms with van der Waals surface area (Å²) in [5.74, 6) is 1.34. The Balaban J connectivity index is 2.00. The van der Waals surface area contributed by atoms with Crippen LogP contribution in [0.15, 0.2) is 18.2 Å². The molecule has 1 heterocycles. The second kappa shape index (κ2) is 4.71. The van der Waals surface area contributed by atoms with Crippen LogP contribution in [0.1, 0.15) is 18.5 Å². The van der Waals surface area contributed by atoms with E-state index in [1.165, 1.54) is 0 Å². The lowest BCUT2D eigenvalue weighted by Crippen LogP contribution is -2.37.